The van der Waals surface area contributed by atoms with Gasteiger partial charge in [-0.1, -0.05) is 19.1 Å². The smallest absolute Gasteiger partial charge is 0.243 e. The summed E-state index contributed by atoms with van der Waals surface area (Å²) in [5, 5.41) is 0. The lowest BCUT2D eigenvalue weighted by molar-refractivity contribution is 0.356. The Morgan fingerprint density at radius 2 is 1.86 bits per heavy atom. The third-order valence-corrected chi connectivity index (χ3v) is 5.59. The van der Waals surface area contributed by atoms with Crippen molar-refractivity contribution in [1.29, 1.82) is 0 Å². The summed E-state index contributed by atoms with van der Waals surface area (Å²) in [6, 6.07) is 5.39. The third-order valence-electron chi connectivity index (χ3n) is 3.47. The number of rotatable bonds is 8. The summed E-state index contributed by atoms with van der Waals surface area (Å²) in [7, 11) is 0.518. The highest BCUT2D eigenvalue weighted by Crippen LogP contribution is 2.21. The second-order valence-electron chi connectivity index (χ2n) is 5.46. The number of nitrogens with zero attached hydrogens (tertiary/aromatic N) is 2. The first kappa shape index (κ1) is 18.1. The van der Waals surface area contributed by atoms with E-state index < -0.39 is 10.0 Å². The lowest BCUT2D eigenvalue weighted by atomic mass is 10.1. The largest absolute Gasteiger partial charge is 0.326 e. The molecule has 0 saturated carbocycles. The van der Waals surface area contributed by atoms with Crippen LogP contribution >= 0.6 is 0 Å². The van der Waals surface area contributed by atoms with Gasteiger partial charge in [-0.3, -0.25) is 0 Å². The summed E-state index contributed by atoms with van der Waals surface area (Å²) in [4.78, 5) is 2.43. The maximum atomic E-state index is 12.8. The van der Waals surface area contributed by atoms with Gasteiger partial charge in [0, 0.05) is 19.6 Å². The van der Waals surface area contributed by atoms with Crippen molar-refractivity contribution in [2.24, 2.45) is 5.73 Å². The summed E-state index contributed by atoms with van der Waals surface area (Å²) >= 11 is 0. The van der Waals surface area contributed by atoms with E-state index in [1.165, 1.54) is 0 Å². The highest BCUT2D eigenvalue weighted by atomic mass is 32.2. The highest BCUT2D eigenvalue weighted by Gasteiger charge is 2.24. The predicted octanol–water partition coefficient (Wildman–Crippen LogP) is 1.42. The van der Waals surface area contributed by atoms with Crippen LogP contribution < -0.4 is 5.73 Å². The summed E-state index contributed by atoms with van der Waals surface area (Å²) in [5.41, 5.74) is 7.22. The van der Waals surface area contributed by atoms with E-state index in [1.54, 1.807) is 10.4 Å². The average Bonchev–Trinajstić information content (AvgIpc) is 2.43. The van der Waals surface area contributed by atoms with Gasteiger partial charge >= 0.3 is 0 Å². The molecule has 0 unspecified atom stereocenters. The normalized spacial score (nSPS) is 12.3. The van der Waals surface area contributed by atoms with Crippen molar-refractivity contribution in [3.05, 3.63) is 29.3 Å². The number of hydrogen-bond donors (Lipinski definition) is 1. The quantitative estimate of drug-likeness (QED) is 0.788. The van der Waals surface area contributed by atoms with E-state index in [0.29, 0.717) is 24.5 Å². The van der Waals surface area contributed by atoms with Crippen LogP contribution in [0.2, 0.25) is 0 Å². The van der Waals surface area contributed by atoms with Crippen molar-refractivity contribution in [1.82, 2.24) is 9.21 Å². The van der Waals surface area contributed by atoms with Crippen LogP contribution in [0, 0.1) is 6.92 Å². The maximum Gasteiger partial charge on any atom is 0.243 e. The van der Waals surface area contributed by atoms with Gasteiger partial charge in [-0.05, 0) is 51.2 Å². The minimum Gasteiger partial charge on any atom is -0.326 e. The molecule has 0 amide bonds. The van der Waals surface area contributed by atoms with Crippen molar-refractivity contribution in [3.8, 4) is 0 Å². The molecule has 0 spiro atoms. The fourth-order valence-electron chi connectivity index (χ4n) is 2.20. The van der Waals surface area contributed by atoms with E-state index in [0.717, 1.165) is 24.1 Å². The van der Waals surface area contributed by atoms with Crippen LogP contribution in [0.15, 0.2) is 23.1 Å². The number of benzene rings is 1. The van der Waals surface area contributed by atoms with Crippen LogP contribution in [-0.4, -0.2) is 51.4 Å². The molecule has 1 aromatic rings. The molecule has 120 valence electrons. The number of hydrogen-bond acceptors (Lipinski definition) is 4. The van der Waals surface area contributed by atoms with Gasteiger partial charge in [0.25, 0.3) is 0 Å². The molecule has 0 heterocycles. The van der Waals surface area contributed by atoms with E-state index >= 15 is 0 Å². The molecule has 1 rings (SSSR count). The monoisotopic (exact) mass is 313 g/mol. The number of aryl methyl sites for hydroxylation is 1. The molecule has 21 heavy (non-hydrogen) atoms. The Hall–Kier alpha value is -0.950. The highest BCUT2D eigenvalue weighted by molar-refractivity contribution is 7.89. The zero-order valence-electron chi connectivity index (χ0n) is 13.5. The predicted molar refractivity (Wildman–Crippen MR) is 86.7 cm³/mol. The van der Waals surface area contributed by atoms with Gasteiger partial charge in [-0.25, -0.2) is 8.42 Å². The van der Waals surface area contributed by atoms with E-state index in [9.17, 15) is 8.42 Å². The molecular formula is C15H27N3O2S. The molecule has 0 radical (unpaired) electrons. The van der Waals surface area contributed by atoms with Crippen LogP contribution in [0.1, 0.15) is 24.5 Å². The lowest BCUT2D eigenvalue weighted by Gasteiger charge is -2.22. The topological polar surface area (TPSA) is 66.6 Å². The van der Waals surface area contributed by atoms with E-state index in [1.807, 2.05) is 40.1 Å². The zero-order chi connectivity index (χ0) is 16.0. The second-order valence-corrected chi connectivity index (χ2v) is 7.36. The van der Waals surface area contributed by atoms with E-state index in [4.69, 9.17) is 5.73 Å². The molecule has 0 fully saturated rings. The van der Waals surface area contributed by atoms with E-state index in [-0.39, 0.29) is 0 Å². The lowest BCUT2D eigenvalue weighted by Crippen LogP contribution is -2.33. The Morgan fingerprint density at radius 1 is 1.19 bits per heavy atom. The molecule has 1 aromatic carbocycles. The molecule has 0 aliphatic heterocycles. The van der Waals surface area contributed by atoms with Gasteiger partial charge in [-0.15, -0.1) is 0 Å². The molecule has 6 heteroatoms. The van der Waals surface area contributed by atoms with Crippen LogP contribution in [0.4, 0.5) is 0 Å². The first-order chi connectivity index (χ1) is 9.82. The summed E-state index contributed by atoms with van der Waals surface area (Å²) < 4.78 is 27.1. The van der Waals surface area contributed by atoms with Crippen LogP contribution in [-0.2, 0) is 16.6 Å². The fraction of sp³-hybridized carbons (Fsp3) is 0.600. The SMILES string of the molecule is CCN(CCCN(C)C)S(=O)(=O)c1cc(CN)ccc1C. The van der Waals surface area contributed by atoms with Crippen molar-refractivity contribution < 1.29 is 8.42 Å². The minimum atomic E-state index is -3.45. The van der Waals surface area contributed by atoms with Gasteiger partial charge in [0.1, 0.15) is 0 Å². The van der Waals surface area contributed by atoms with Gasteiger partial charge < -0.3 is 10.6 Å². The molecule has 0 aliphatic carbocycles. The van der Waals surface area contributed by atoms with Gasteiger partial charge in [0.15, 0.2) is 0 Å². The van der Waals surface area contributed by atoms with Crippen molar-refractivity contribution in [2.75, 3.05) is 33.7 Å². The fourth-order valence-corrected chi connectivity index (χ4v) is 3.96. The Balaban J connectivity index is 3.01. The molecular weight excluding hydrogens is 286 g/mol. The summed E-state index contributed by atoms with van der Waals surface area (Å²) in [6.07, 6.45) is 0.815. The summed E-state index contributed by atoms with van der Waals surface area (Å²) in [5.74, 6) is 0. The molecule has 5 nitrogen and oxygen atoms in total. The van der Waals surface area contributed by atoms with E-state index in [2.05, 4.69) is 4.90 Å². The van der Waals surface area contributed by atoms with Crippen molar-refractivity contribution in [3.63, 3.8) is 0 Å². The molecule has 0 atom stereocenters. The maximum absolute atomic E-state index is 12.8. The molecule has 2 N–H and O–H groups in total. The van der Waals surface area contributed by atoms with Crippen LogP contribution in [0.3, 0.4) is 0 Å². The van der Waals surface area contributed by atoms with Crippen LogP contribution in [0.25, 0.3) is 0 Å². The number of sulfonamides is 1. The molecule has 0 aromatic heterocycles. The van der Waals surface area contributed by atoms with Gasteiger partial charge in [-0.2, -0.15) is 4.31 Å². The first-order valence-corrected chi connectivity index (χ1v) is 8.71. The molecule has 0 bridgehead atoms. The van der Waals surface area contributed by atoms with Crippen LogP contribution in [0.5, 0.6) is 0 Å². The first-order valence-electron chi connectivity index (χ1n) is 7.27. The molecule has 0 aliphatic rings. The molecule has 0 saturated heterocycles. The number of nitrogens with two attached hydrogens (primary N) is 1. The van der Waals surface area contributed by atoms with Crippen molar-refractivity contribution in [2.45, 2.75) is 31.7 Å². The Bertz CT molecular complexity index is 556. The Labute approximate surface area is 128 Å². The van der Waals surface area contributed by atoms with Gasteiger partial charge in [0.05, 0.1) is 4.90 Å². The van der Waals surface area contributed by atoms with Gasteiger partial charge in [0.2, 0.25) is 10.0 Å². The summed E-state index contributed by atoms with van der Waals surface area (Å²) in [6.45, 7) is 5.91. The Kier molecular flexibility index (Phi) is 6.80. The standard InChI is InChI=1S/C15H27N3O2S/c1-5-18(10-6-9-17(3)4)21(19,20)15-11-14(12-16)8-7-13(15)2/h7-8,11H,5-6,9-10,12,16H2,1-4H3. The zero-order valence-corrected chi connectivity index (χ0v) is 14.3. The van der Waals surface area contributed by atoms with Crippen molar-refractivity contribution >= 4 is 10.0 Å². The second kappa shape index (κ2) is 7.89. The third kappa shape index (κ3) is 4.78. The average molecular weight is 313 g/mol. The Morgan fingerprint density at radius 3 is 2.38 bits per heavy atom. The minimum absolute atomic E-state index is 0.343.